The Morgan fingerprint density at radius 3 is 2.90 bits per heavy atom. The first-order chi connectivity index (χ1) is 10.2. The number of nitrogens with two attached hydrogens (primary N) is 1. The zero-order chi connectivity index (χ0) is 14.8. The number of methoxy groups -OCH3 is 1. The van der Waals surface area contributed by atoms with E-state index in [1.165, 1.54) is 4.88 Å². The normalized spacial score (nSPS) is 10.8. The zero-order valence-electron chi connectivity index (χ0n) is 11.9. The van der Waals surface area contributed by atoms with E-state index in [1.54, 1.807) is 18.4 Å². The Morgan fingerprint density at radius 1 is 1.29 bits per heavy atom. The van der Waals surface area contributed by atoms with Crippen molar-refractivity contribution in [1.82, 2.24) is 9.97 Å². The molecular weight excluding hydrogens is 284 g/mol. The Hall–Kier alpha value is -2.34. The number of rotatable bonds is 4. The van der Waals surface area contributed by atoms with Crippen LogP contribution in [0.3, 0.4) is 0 Å². The SMILES string of the molecule is CCc1cc2c(Nc3cccc(OC)c3)nc(N)nc2s1. The van der Waals surface area contributed by atoms with E-state index in [9.17, 15) is 0 Å². The summed E-state index contributed by atoms with van der Waals surface area (Å²) in [5.74, 6) is 1.79. The van der Waals surface area contributed by atoms with E-state index in [1.807, 2.05) is 24.3 Å². The predicted molar refractivity (Wildman–Crippen MR) is 87.5 cm³/mol. The number of anilines is 3. The summed E-state index contributed by atoms with van der Waals surface area (Å²) in [6, 6.07) is 9.81. The van der Waals surface area contributed by atoms with Crippen LogP contribution in [0.25, 0.3) is 10.2 Å². The van der Waals surface area contributed by atoms with Crippen LogP contribution in [0.1, 0.15) is 11.8 Å². The molecule has 6 heteroatoms. The lowest BCUT2D eigenvalue weighted by atomic mass is 10.2. The van der Waals surface area contributed by atoms with Crippen molar-refractivity contribution >= 4 is 39.0 Å². The predicted octanol–water partition coefficient (Wildman–Crippen LogP) is 3.59. The number of ether oxygens (including phenoxy) is 1. The van der Waals surface area contributed by atoms with Crippen molar-refractivity contribution in [3.05, 3.63) is 35.2 Å². The van der Waals surface area contributed by atoms with Gasteiger partial charge in [-0.2, -0.15) is 4.98 Å². The second-order valence-electron chi connectivity index (χ2n) is 4.57. The molecule has 0 radical (unpaired) electrons. The largest absolute Gasteiger partial charge is 0.497 e. The molecule has 0 saturated heterocycles. The molecule has 0 bridgehead atoms. The minimum absolute atomic E-state index is 0.275. The number of hydrogen-bond donors (Lipinski definition) is 2. The van der Waals surface area contributed by atoms with Gasteiger partial charge in [0.1, 0.15) is 16.4 Å². The lowest BCUT2D eigenvalue weighted by Gasteiger charge is -2.08. The molecule has 21 heavy (non-hydrogen) atoms. The van der Waals surface area contributed by atoms with Gasteiger partial charge >= 0.3 is 0 Å². The zero-order valence-corrected chi connectivity index (χ0v) is 12.7. The molecule has 0 aliphatic rings. The van der Waals surface area contributed by atoms with Gasteiger partial charge in [-0.15, -0.1) is 11.3 Å². The van der Waals surface area contributed by atoms with Crippen LogP contribution >= 0.6 is 11.3 Å². The average Bonchev–Trinajstić information content (AvgIpc) is 2.90. The van der Waals surface area contributed by atoms with Gasteiger partial charge in [0.2, 0.25) is 5.95 Å². The van der Waals surface area contributed by atoms with Gasteiger partial charge in [-0.3, -0.25) is 0 Å². The molecule has 0 atom stereocenters. The molecule has 3 N–H and O–H groups in total. The summed E-state index contributed by atoms with van der Waals surface area (Å²) >= 11 is 1.65. The van der Waals surface area contributed by atoms with Crippen molar-refractivity contribution in [2.45, 2.75) is 13.3 Å². The van der Waals surface area contributed by atoms with Gasteiger partial charge in [0.05, 0.1) is 12.5 Å². The van der Waals surface area contributed by atoms with Crippen molar-refractivity contribution in [2.24, 2.45) is 0 Å². The summed E-state index contributed by atoms with van der Waals surface area (Å²) in [5, 5.41) is 4.29. The summed E-state index contributed by atoms with van der Waals surface area (Å²) < 4.78 is 5.23. The molecule has 108 valence electrons. The van der Waals surface area contributed by atoms with Crippen molar-refractivity contribution in [3.8, 4) is 5.75 Å². The summed E-state index contributed by atoms with van der Waals surface area (Å²) in [5.41, 5.74) is 6.71. The molecule has 2 aromatic heterocycles. The van der Waals surface area contributed by atoms with E-state index in [-0.39, 0.29) is 5.95 Å². The molecular formula is C15H16N4OS. The van der Waals surface area contributed by atoms with Crippen LogP contribution in [0.5, 0.6) is 5.75 Å². The van der Waals surface area contributed by atoms with E-state index >= 15 is 0 Å². The quantitative estimate of drug-likeness (QED) is 0.770. The fourth-order valence-corrected chi connectivity index (χ4v) is 3.07. The van der Waals surface area contributed by atoms with E-state index in [2.05, 4.69) is 28.3 Å². The van der Waals surface area contributed by atoms with Crippen LogP contribution in [-0.4, -0.2) is 17.1 Å². The number of nitrogen functional groups attached to an aromatic ring is 1. The number of nitrogens with zero attached hydrogens (tertiary/aromatic N) is 2. The second kappa shape index (κ2) is 5.57. The molecule has 0 fully saturated rings. The summed E-state index contributed by atoms with van der Waals surface area (Å²) in [4.78, 5) is 10.8. The minimum atomic E-state index is 0.275. The molecule has 5 nitrogen and oxygen atoms in total. The average molecular weight is 300 g/mol. The second-order valence-corrected chi connectivity index (χ2v) is 5.69. The molecule has 0 unspecified atom stereocenters. The van der Waals surface area contributed by atoms with Crippen molar-refractivity contribution in [3.63, 3.8) is 0 Å². The van der Waals surface area contributed by atoms with Gasteiger partial charge in [-0.1, -0.05) is 13.0 Å². The highest BCUT2D eigenvalue weighted by atomic mass is 32.1. The van der Waals surface area contributed by atoms with Crippen molar-refractivity contribution in [1.29, 1.82) is 0 Å². The topological polar surface area (TPSA) is 73.1 Å². The van der Waals surface area contributed by atoms with Gasteiger partial charge in [-0.25, -0.2) is 4.98 Å². The lowest BCUT2D eigenvalue weighted by molar-refractivity contribution is 0.415. The van der Waals surface area contributed by atoms with Gasteiger partial charge < -0.3 is 15.8 Å². The first-order valence-corrected chi connectivity index (χ1v) is 7.48. The Morgan fingerprint density at radius 2 is 2.14 bits per heavy atom. The summed E-state index contributed by atoms with van der Waals surface area (Å²) in [6.07, 6.45) is 0.972. The molecule has 0 amide bonds. The molecule has 0 aliphatic carbocycles. The molecule has 0 spiro atoms. The highest BCUT2D eigenvalue weighted by Crippen LogP contribution is 2.32. The smallest absolute Gasteiger partial charge is 0.223 e. The molecule has 0 aliphatic heterocycles. The van der Waals surface area contributed by atoms with E-state index < -0.39 is 0 Å². The molecule has 3 aromatic rings. The monoisotopic (exact) mass is 300 g/mol. The fraction of sp³-hybridized carbons (Fsp3) is 0.200. The number of fused-ring (bicyclic) bond motifs is 1. The van der Waals surface area contributed by atoms with Crippen LogP contribution in [0.4, 0.5) is 17.5 Å². The fourth-order valence-electron chi connectivity index (χ4n) is 2.09. The number of aromatic nitrogens is 2. The number of aryl methyl sites for hydroxylation is 1. The van der Waals surface area contributed by atoms with Crippen LogP contribution < -0.4 is 15.8 Å². The van der Waals surface area contributed by atoms with E-state index in [0.29, 0.717) is 0 Å². The van der Waals surface area contributed by atoms with Crippen LogP contribution in [0.15, 0.2) is 30.3 Å². The maximum absolute atomic E-state index is 5.80. The lowest BCUT2D eigenvalue weighted by Crippen LogP contribution is -2.00. The highest BCUT2D eigenvalue weighted by molar-refractivity contribution is 7.18. The maximum Gasteiger partial charge on any atom is 0.223 e. The number of thiophene rings is 1. The summed E-state index contributed by atoms with van der Waals surface area (Å²) in [7, 11) is 1.65. The maximum atomic E-state index is 5.80. The van der Waals surface area contributed by atoms with Crippen molar-refractivity contribution < 1.29 is 4.74 Å². The third-order valence-electron chi connectivity index (χ3n) is 3.14. The third kappa shape index (κ3) is 2.75. The Bertz CT molecular complexity index is 784. The van der Waals surface area contributed by atoms with E-state index in [0.717, 1.165) is 33.9 Å². The summed E-state index contributed by atoms with van der Waals surface area (Å²) in [6.45, 7) is 2.12. The third-order valence-corrected chi connectivity index (χ3v) is 4.32. The van der Waals surface area contributed by atoms with Gasteiger partial charge in [0, 0.05) is 16.6 Å². The van der Waals surface area contributed by atoms with Crippen LogP contribution in [-0.2, 0) is 6.42 Å². The molecule has 2 heterocycles. The number of nitrogens with one attached hydrogen (secondary N) is 1. The Labute approximate surface area is 126 Å². The first kappa shape index (κ1) is 13.6. The van der Waals surface area contributed by atoms with E-state index in [4.69, 9.17) is 10.5 Å². The Kier molecular flexibility index (Phi) is 3.62. The van der Waals surface area contributed by atoms with Gasteiger partial charge in [0.25, 0.3) is 0 Å². The molecule has 0 saturated carbocycles. The van der Waals surface area contributed by atoms with Gasteiger partial charge in [0.15, 0.2) is 0 Å². The number of hydrogen-bond acceptors (Lipinski definition) is 6. The molecule has 3 rings (SSSR count). The van der Waals surface area contributed by atoms with Gasteiger partial charge in [-0.05, 0) is 24.6 Å². The highest BCUT2D eigenvalue weighted by Gasteiger charge is 2.10. The van der Waals surface area contributed by atoms with Crippen LogP contribution in [0.2, 0.25) is 0 Å². The molecule has 1 aromatic carbocycles. The van der Waals surface area contributed by atoms with Crippen molar-refractivity contribution in [2.75, 3.05) is 18.2 Å². The first-order valence-electron chi connectivity index (χ1n) is 6.66. The Balaban J connectivity index is 2.04. The number of benzene rings is 1. The standard InChI is InChI=1S/C15H16N4OS/c1-3-11-8-12-13(18-15(16)19-14(12)21-11)17-9-5-4-6-10(7-9)20-2/h4-8H,3H2,1-2H3,(H3,16,17,18,19). The minimum Gasteiger partial charge on any atom is -0.497 e. The van der Waals surface area contributed by atoms with Crippen LogP contribution in [0, 0.1) is 0 Å².